The van der Waals surface area contributed by atoms with Crippen LogP contribution in [-0.4, -0.2) is 49.2 Å². The molecule has 4 atom stereocenters. The zero-order chi connectivity index (χ0) is 11.1. The molecule has 3 heterocycles. The minimum absolute atomic E-state index is 0.00591. The fraction of sp³-hybridized carbons (Fsp3) is 0.917. The third-order valence-electron chi connectivity index (χ3n) is 4.48. The molecule has 16 heavy (non-hydrogen) atoms. The van der Waals surface area contributed by atoms with Gasteiger partial charge in [0.15, 0.2) is 0 Å². The molecule has 0 aromatic heterocycles. The van der Waals surface area contributed by atoms with Crippen LogP contribution in [0.4, 0.5) is 0 Å². The van der Waals surface area contributed by atoms with Gasteiger partial charge in [0, 0.05) is 19.0 Å². The Balaban J connectivity index is 1.77. The number of cyclic esters (lactones) is 1. The lowest BCUT2D eigenvalue weighted by Gasteiger charge is -2.29. The van der Waals surface area contributed by atoms with Crippen LogP contribution in [0.2, 0.25) is 0 Å². The van der Waals surface area contributed by atoms with E-state index in [1.165, 1.54) is 0 Å². The number of hydrogen-bond acceptors (Lipinski definition) is 4. The van der Waals surface area contributed by atoms with Crippen molar-refractivity contribution in [3.05, 3.63) is 0 Å². The average Bonchev–Trinajstić information content (AvgIpc) is 2.90. The Kier molecular flexibility index (Phi) is 2.64. The van der Waals surface area contributed by atoms with E-state index in [2.05, 4.69) is 17.1 Å². The van der Waals surface area contributed by atoms with Crippen molar-refractivity contribution in [3.63, 3.8) is 0 Å². The number of likely N-dealkylation sites (tertiary alicyclic amines) is 1. The largest absolute Gasteiger partial charge is 0.464 e. The smallest absolute Gasteiger partial charge is 0.323 e. The summed E-state index contributed by atoms with van der Waals surface area (Å²) in [5.41, 5.74) is 0. The summed E-state index contributed by atoms with van der Waals surface area (Å²) in [5, 5.41) is 3.47. The number of hydrogen-bond donors (Lipinski definition) is 1. The van der Waals surface area contributed by atoms with E-state index in [9.17, 15) is 4.79 Å². The normalized spacial score (nSPS) is 43.7. The van der Waals surface area contributed by atoms with Crippen molar-refractivity contribution in [1.82, 2.24) is 10.2 Å². The van der Waals surface area contributed by atoms with Gasteiger partial charge in [-0.3, -0.25) is 9.69 Å². The van der Waals surface area contributed by atoms with Gasteiger partial charge in [0.1, 0.15) is 6.04 Å². The zero-order valence-corrected chi connectivity index (χ0v) is 9.82. The standard InChI is InChI=1S/C12H20N2O2/c1-2-10-9-6-13-5-8(9)7-14(10)11-3-4-16-12(11)15/h8-11,13H,2-7H2,1H3. The van der Waals surface area contributed by atoms with Crippen LogP contribution < -0.4 is 5.32 Å². The van der Waals surface area contributed by atoms with Crippen LogP contribution in [0.5, 0.6) is 0 Å². The van der Waals surface area contributed by atoms with Crippen LogP contribution in [0.1, 0.15) is 19.8 Å². The highest BCUT2D eigenvalue weighted by molar-refractivity contribution is 5.77. The van der Waals surface area contributed by atoms with Crippen molar-refractivity contribution >= 4 is 5.97 Å². The molecule has 3 saturated heterocycles. The average molecular weight is 224 g/mol. The van der Waals surface area contributed by atoms with Gasteiger partial charge in [-0.1, -0.05) is 6.92 Å². The second-order valence-electron chi connectivity index (χ2n) is 5.23. The summed E-state index contributed by atoms with van der Waals surface area (Å²) in [4.78, 5) is 14.1. The number of carbonyl (C=O) groups is 1. The molecule has 0 aromatic rings. The molecule has 4 nitrogen and oxygen atoms in total. The van der Waals surface area contributed by atoms with Crippen molar-refractivity contribution in [2.24, 2.45) is 11.8 Å². The SMILES string of the molecule is CCC1C2CNCC2CN1C1CCOC1=O. The Morgan fingerprint density at radius 1 is 1.50 bits per heavy atom. The molecule has 0 aliphatic carbocycles. The van der Waals surface area contributed by atoms with Gasteiger partial charge in [0.25, 0.3) is 0 Å². The van der Waals surface area contributed by atoms with Crippen molar-refractivity contribution in [1.29, 1.82) is 0 Å². The van der Waals surface area contributed by atoms with Crippen molar-refractivity contribution in [2.75, 3.05) is 26.2 Å². The van der Waals surface area contributed by atoms with E-state index >= 15 is 0 Å². The first-order chi connectivity index (χ1) is 7.81. The van der Waals surface area contributed by atoms with Crippen LogP contribution >= 0.6 is 0 Å². The lowest BCUT2D eigenvalue weighted by Crippen LogP contribution is -2.44. The second-order valence-corrected chi connectivity index (χ2v) is 5.23. The first kappa shape index (κ1) is 10.5. The van der Waals surface area contributed by atoms with Crippen LogP contribution in [0.25, 0.3) is 0 Å². The Morgan fingerprint density at radius 2 is 2.38 bits per heavy atom. The van der Waals surface area contributed by atoms with Crippen LogP contribution in [0, 0.1) is 11.8 Å². The Morgan fingerprint density at radius 3 is 3.06 bits per heavy atom. The van der Waals surface area contributed by atoms with Crippen molar-refractivity contribution in [2.45, 2.75) is 31.8 Å². The number of ether oxygens (including phenoxy) is 1. The third-order valence-corrected chi connectivity index (χ3v) is 4.48. The maximum Gasteiger partial charge on any atom is 0.323 e. The number of carbonyl (C=O) groups excluding carboxylic acids is 1. The highest BCUT2D eigenvalue weighted by Crippen LogP contribution is 2.37. The quantitative estimate of drug-likeness (QED) is 0.682. The molecule has 90 valence electrons. The van der Waals surface area contributed by atoms with E-state index in [-0.39, 0.29) is 12.0 Å². The molecule has 3 rings (SSSR count). The maximum absolute atomic E-state index is 11.7. The van der Waals surface area contributed by atoms with E-state index in [1.807, 2.05) is 0 Å². The molecule has 3 fully saturated rings. The molecule has 0 spiro atoms. The minimum atomic E-state index is 0.00591. The number of esters is 1. The Hall–Kier alpha value is -0.610. The fourth-order valence-corrected chi connectivity index (χ4v) is 3.74. The lowest BCUT2D eigenvalue weighted by molar-refractivity contribution is -0.142. The molecule has 4 unspecified atom stereocenters. The predicted octanol–water partition coefficient (Wildman–Crippen LogP) is 0.232. The summed E-state index contributed by atoms with van der Waals surface area (Å²) >= 11 is 0. The zero-order valence-electron chi connectivity index (χ0n) is 9.82. The number of fused-ring (bicyclic) bond motifs is 1. The number of nitrogens with zero attached hydrogens (tertiary/aromatic N) is 1. The second kappa shape index (κ2) is 4.00. The fourth-order valence-electron chi connectivity index (χ4n) is 3.74. The molecular weight excluding hydrogens is 204 g/mol. The molecule has 0 amide bonds. The molecule has 1 N–H and O–H groups in total. The summed E-state index contributed by atoms with van der Waals surface area (Å²) in [7, 11) is 0. The minimum Gasteiger partial charge on any atom is -0.464 e. The summed E-state index contributed by atoms with van der Waals surface area (Å²) in [6, 6.07) is 0.631. The first-order valence-corrected chi connectivity index (χ1v) is 6.44. The monoisotopic (exact) mass is 224 g/mol. The van der Waals surface area contributed by atoms with E-state index in [4.69, 9.17) is 4.74 Å². The van der Waals surface area contributed by atoms with Gasteiger partial charge < -0.3 is 10.1 Å². The van der Waals surface area contributed by atoms with Gasteiger partial charge in [0.2, 0.25) is 0 Å². The molecule has 4 heteroatoms. The number of rotatable bonds is 2. The topological polar surface area (TPSA) is 41.6 Å². The van der Waals surface area contributed by atoms with Crippen molar-refractivity contribution in [3.8, 4) is 0 Å². The number of nitrogens with one attached hydrogen (secondary N) is 1. The molecule has 0 radical (unpaired) electrons. The maximum atomic E-state index is 11.7. The van der Waals surface area contributed by atoms with Gasteiger partial charge in [-0.15, -0.1) is 0 Å². The molecule has 0 aromatic carbocycles. The van der Waals surface area contributed by atoms with Gasteiger partial charge in [-0.05, 0) is 31.3 Å². The van der Waals surface area contributed by atoms with E-state index < -0.39 is 0 Å². The summed E-state index contributed by atoms with van der Waals surface area (Å²) < 4.78 is 5.10. The molecule has 3 aliphatic heterocycles. The van der Waals surface area contributed by atoms with E-state index in [0.29, 0.717) is 12.6 Å². The predicted molar refractivity (Wildman–Crippen MR) is 60.0 cm³/mol. The van der Waals surface area contributed by atoms with Crippen LogP contribution in [0.3, 0.4) is 0 Å². The molecule has 0 bridgehead atoms. The third kappa shape index (κ3) is 1.47. The van der Waals surface area contributed by atoms with Gasteiger partial charge in [-0.2, -0.15) is 0 Å². The Bertz CT molecular complexity index is 295. The van der Waals surface area contributed by atoms with Crippen LogP contribution in [-0.2, 0) is 9.53 Å². The summed E-state index contributed by atoms with van der Waals surface area (Å²) in [6.07, 6.45) is 2.04. The van der Waals surface area contributed by atoms with Gasteiger partial charge in [-0.25, -0.2) is 0 Å². The van der Waals surface area contributed by atoms with Gasteiger partial charge in [0.05, 0.1) is 6.61 Å². The molecule has 0 saturated carbocycles. The first-order valence-electron chi connectivity index (χ1n) is 6.44. The summed E-state index contributed by atoms with van der Waals surface area (Å²) in [6.45, 7) is 6.18. The lowest BCUT2D eigenvalue weighted by atomic mass is 9.92. The highest BCUT2D eigenvalue weighted by Gasteiger charge is 2.48. The molecular formula is C12H20N2O2. The summed E-state index contributed by atoms with van der Waals surface area (Å²) in [5.74, 6) is 1.50. The van der Waals surface area contributed by atoms with Crippen LogP contribution in [0.15, 0.2) is 0 Å². The highest BCUT2D eigenvalue weighted by atomic mass is 16.5. The van der Waals surface area contributed by atoms with E-state index in [0.717, 1.165) is 44.3 Å². The van der Waals surface area contributed by atoms with Crippen molar-refractivity contribution < 1.29 is 9.53 Å². The Labute approximate surface area is 96.3 Å². The van der Waals surface area contributed by atoms with E-state index in [1.54, 1.807) is 0 Å². The molecule has 3 aliphatic rings. The van der Waals surface area contributed by atoms with Gasteiger partial charge >= 0.3 is 5.97 Å².